The molecule has 4 nitrogen and oxygen atoms in total. The highest BCUT2D eigenvalue weighted by molar-refractivity contribution is 5.87. The number of hydrogen-bond acceptors (Lipinski definition) is 3. The van der Waals surface area contributed by atoms with Crippen LogP contribution in [0.15, 0.2) is 24.3 Å². The molecule has 0 spiro atoms. The molecule has 21 heavy (non-hydrogen) atoms. The van der Waals surface area contributed by atoms with Crippen molar-refractivity contribution >= 4 is 5.91 Å². The van der Waals surface area contributed by atoms with Gasteiger partial charge in [-0.05, 0) is 43.9 Å². The van der Waals surface area contributed by atoms with Crippen molar-refractivity contribution in [3.63, 3.8) is 0 Å². The highest BCUT2D eigenvalue weighted by Crippen LogP contribution is 2.25. The summed E-state index contributed by atoms with van der Waals surface area (Å²) in [5.41, 5.74) is 0.319. The monoisotopic (exact) mass is 293 g/mol. The van der Waals surface area contributed by atoms with Gasteiger partial charge in [-0.15, -0.1) is 0 Å². The van der Waals surface area contributed by atoms with Gasteiger partial charge in [0, 0.05) is 6.54 Å². The maximum atomic E-state index is 12.3. The highest BCUT2D eigenvalue weighted by atomic mass is 16.5. The Bertz CT molecular complexity index is 452. The van der Waals surface area contributed by atoms with E-state index in [-0.39, 0.29) is 17.9 Å². The fourth-order valence-electron chi connectivity index (χ4n) is 2.03. The standard InChI is InChI=1S/C17H27NO3/c1-12(2)15(19)10-11-18-16(20)17(3,4)13-6-8-14(21-5)9-7-13/h6-9,12,15,19H,10-11H2,1-5H3,(H,18,20). The number of ether oxygens (including phenoxy) is 1. The van der Waals surface area contributed by atoms with Crippen molar-refractivity contribution in [3.8, 4) is 5.75 Å². The molecule has 1 aromatic rings. The van der Waals surface area contributed by atoms with Gasteiger partial charge in [0.1, 0.15) is 5.75 Å². The van der Waals surface area contributed by atoms with Crippen LogP contribution in [0, 0.1) is 5.92 Å². The van der Waals surface area contributed by atoms with Gasteiger partial charge in [-0.25, -0.2) is 0 Å². The van der Waals surface area contributed by atoms with Crippen LogP contribution in [-0.2, 0) is 10.2 Å². The van der Waals surface area contributed by atoms with Gasteiger partial charge in [0.05, 0.1) is 18.6 Å². The Morgan fingerprint density at radius 3 is 2.33 bits per heavy atom. The molecular formula is C17H27NO3. The van der Waals surface area contributed by atoms with Gasteiger partial charge < -0.3 is 15.2 Å². The van der Waals surface area contributed by atoms with Gasteiger partial charge in [0.2, 0.25) is 5.91 Å². The lowest BCUT2D eigenvalue weighted by Gasteiger charge is -2.25. The second-order valence-electron chi connectivity index (χ2n) is 6.21. The van der Waals surface area contributed by atoms with E-state index in [2.05, 4.69) is 5.32 Å². The minimum atomic E-state index is -0.616. The van der Waals surface area contributed by atoms with Crippen LogP contribution < -0.4 is 10.1 Å². The van der Waals surface area contributed by atoms with Gasteiger partial charge >= 0.3 is 0 Å². The summed E-state index contributed by atoms with van der Waals surface area (Å²) >= 11 is 0. The molecule has 0 aliphatic rings. The first-order valence-electron chi connectivity index (χ1n) is 7.40. The predicted octanol–water partition coefficient (Wildman–Crippen LogP) is 2.50. The van der Waals surface area contributed by atoms with Crippen LogP contribution in [0.2, 0.25) is 0 Å². The molecule has 0 heterocycles. The molecule has 4 heteroatoms. The van der Waals surface area contributed by atoms with Crippen LogP contribution in [0.3, 0.4) is 0 Å². The molecule has 118 valence electrons. The summed E-state index contributed by atoms with van der Waals surface area (Å²) in [5, 5.41) is 12.7. The number of carbonyl (C=O) groups excluding carboxylic acids is 1. The Morgan fingerprint density at radius 2 is 1.86 bits per heavy atom. The molecule has 1 atom stereocenters. The van der Waals surface area contributed by atoms with Gasteiger partial charge in [-0.3, -0.25) is 4.79 Å². The Hall–Kier alpha value is -1.55. The lowest BCUT2D eigenvalue weighted by Crippen LogP contribution is -2.41. The molecule has 0 bridgehead atoms. The largest absolute Gasteiger partial charge is 0.497 e. The number of hydrogen-bond donors (Lipinski definition) is 2. The van der Waals surface area contributed by atoms with Crippen molar-refractivity contribution < 1.29 is 14.6 Å². The first kappa shape index (κ1) is 17.5. The van der Waals surface area contributed by atoms with E-state index in [1.54, 1.807) is 7.11 Å². The topological polar surface area (TPSA) is 58.6 Å². The number of rotatable bonds is 7. The van der Waals surface area contributed by atoms with Crippen LogP contribution in [0.1, 0.15) is 39.7 Å². The van der Waals surface area contributed by atoms with E-state index >= 15 is 0 Å². The minimum Gasteiger partial charge on any atom is -0.497 e. The van der Waals surface area contributed by atoms with Crippen LogP contribution in [-0.4, -0.2) is 30.8 Å². The molecular weight excluding hydrogens is 266 g/mol. The van der Waals surface area contributed by atoms with E-state index in [1.807, 2.05) is 52.0 Å². The van der Waals surface area contributed by atoms with E-state index in [9.17, 15) is 9.90 Å². The maximum Gasteiger partial charge on any atom is 0.230 e. The number of methoxy groups -OCH3 is 1. The Labute approximate surface area is 127 Å². The van der Waals surface area contributed by atoms with Crippen molar-refractivity contribution in [1.82, 2.24) is 5.32 Å². The summed E-state index contributed by atoms with van der Waals surface area (Å²) < 4.78 is 5.13. The molecule has 1 unspecified atom stereocenters. The summed E-state index contributed by atoms with van der Waals surface area (Å²) in [7, 11) is 1.62. The third-order valence-corrected chi connectivity index (χ3v) is 3.87. The smallest absolute Gasteiger partial charge is 0.230 e. The third-order valence-electron chi connectivity index (χ3n) is 3.87. The molecule has 1 aromatic carbocycles. The van der Waals surface area contributed by atoms with Crippen molar-refractivity contribution in [1.29, 1.82) is 0 Å². The van der Waals surface area contributed by atoms with Gasteiger partial charge in [0.25, 0.3) is 0 Å². The average molecular weight is 293 g/mol. The highest BCUT2D eigenvalue weighted by Gasteiger charge is 2.29. The third kappa shape index (κ3) is 4.74. The van der Waals surface area contributed by atoms with Crippen molar-refractivity contribution in [2.24, 2.45) is 5.92 Å². The lowest BCUT2D eigenvalue weighted by atomic mass is 9.83. The van der Waals surface area contributed by atoms with Crippen LogP contribution in [0.25, 0.3) is 0 Å². The number of benzene rings is 1. The summed E-state index contributed by atoms with van der Waals surface area (Å²) in [6.45, 7) is 8.20. The first-order valence-corrected chi connectivity index (χ1v) is 7.40. The molecule has 0 fully saturated rings. The van der Waals surface area contributed by atoms with Crippen molar-refractivity contribution in [3.05, 3.63) is 29.8 Å². The Kier molecular flexibility index (Phi) is 6.21. The maximum absolute atomic E-state index is 12.3. The van der Waals surface area contributed by atoms with Crippen molar-refractivity contribution in [2.45, 2.75) is 45.6 Å². The summed E-state index contributed by atoms with van der Waals surface area (Å²) in [6.07, 6.45) is 0.191. The average Bonchev–Trinajstić information content (AvgIpc) is 2.46. The van der Waals surface area contributed by atoms with Gasteiger partial charge in [-0.2, -0.15) is 0 Å². The Morgan fingerprint density at radius 1 is 1.29 bits per heavy atom. The number of aliphatic hydroxyl groups is 1. The molecule has 1 rings (SSSR count). The normalized spacial score (nSPS) is 13.1. The summed E-state index contributed by atoms with van der Waals surface area (Å²) in [5.74, 6) is 0.940. The number of amides is 1. The fourth-order valence-corrected chi connectivity index (χ4v) is 2.03. The molecule has 0 saturated heterocycles. The zero-order chi connectivity index (χ0) is 16.0. The van der Waals surface area contributed by atoms with Crippen LogP contribution in [0.4, 0.5) is 0 Å². The molecule has 2 N–H and O–H groups in total. The second-order valence-corrected chi connectivity index (χ2v) is 6.21. The number of carbonyl (C=O) groups is 1. The van der Waals surface area contributed by atoms with Crippen molar-refractivity contribution in [2.75, 3.05) is 13.7 Å². The SMILES string of the molecule is COc1ccc(C(C)(C)C(=O)NCCC(O)C(C)C)cc1. The number of aliphatic hydroxyl groups excluding tert-OH is 1. The van der Waals surface area contributed by atoms with E-state index in [0.717, 1.165) is 11.3 Å². The quantitative estimate of drug-likeness (QED) is 0.812. The minimum absolute atomic E-state index is 0.0383. The molecule has 0 radical (unpaired) electrons. The van der Waals surface area contributed by atoms with E-state index in [4.69, 9.17) is 4.74 Å². The molecule has 0 aliphatic carbocycles. The van der Waals surface area contributed by atoms with Crippen LogP contribution >= 0.6 is 0 Å². The van der Waals surface area contributed by atoms with E-state index in [0.29, 0.717) is 13.0 Å². The molecule has 0 aromatic heterocycles. The predicted molar refractivity (Wildman–Crippen MR) is 84.5 cm³/mol. The summed E-state index contributed by atoms with van der Waals surface area (Å²) in [4.78, 5) is 12.3. The lowest BCUT2D eigenvalue weighted by molar-refractivity contribution is -0.125. The zero-order valence-electron chi connectivity index (χ0n) is 13.6. The number of nitrogens with one attached hydrogen (secondary N) is 1. The second kappa shape index (κ2) is 7.46. The molecule has 0 saturated carbocycles. The molecule has 0 aliphatic heterocycles. The zero-order valence-corrected chi connectivity index (χ0v) is 13.6. The molecule has 1 amide bonds. The van der Waals surface area contributed by atoms with E-state index < -0.39 is 5.41 Å². The van der Waals surface area contributed by atoms with Crippen LogP contribution in [0.5, 0.6) is 5.75 Å². The van der Waals surface area contributed by atoms with Gasteiger partial charge in [0.15, 0.2) is 0 Å². The fraction of sp³-hybridized carbons (Fsp3) is 0.588. The van der Waals surface area contributed by atoms with E-state index in [1.165, 1.54) is 0 Å². The summed E-state index contributed by atoms with van der Waals surface area (Å²) in [6, 6.07) is 7.52. The van der Waals surface area contributed by atoms with Gasteiger partial charge in [-0.1, -0.05) is 26.0 Å². The first-order chi connectivity index (χ1) is 9.78. The Balaban J connectivity index is 2.61.